The lowest BCUT2D eigenvalue weighted by Gasteiger charge is -2.38. The van der Waals surface area contributed by atoms with E-state index in [-0.39, 0.29) is 18.9 Å². The standard InChI is InChI=1S/C29H29N7O2/c37-18-25-16-35(15-22-6-8-24(9-7-22)23-4-2-1-3-5-23)17-26(38-25)36-20-34-27-28(32-19-33-29(27)36)31-14-21-10-12-30-13-11-21/h1-13,19-20,25-26,37H,14-18H2,(H,31,32,33)/t25-,26+/m0/s1. The van der Waals surface area contributed by atoms with E-state index in [0.29, 0.717) is 36.6 Å². The number of benzene rings is 2. The zero-order chi connectivity index (χ0) is 25.7. The number of ether oxygens (including phenoxy) is 1. The topological polar surface area (TPSA) is 101 Å². The fourth-order valence-electron chi connectivity index (χ4n) is 4.84. The number of nitrogens with zero attached hydrogens (tertiary/aromatic N) is 6. The van der Waals surface area contributed by atoms with E-state index in [0.717, 1.165) is 12.1 Å². The second-order valence-electron chi connectivity index (χ2n) is 9.41. The Labute approximate surface area is 220 Å². The first kappa shape index (κ1) is 24.2. The van der Waals surface area contributed by atoms with Gasteiger partial charge in [-0.25, -0.2) is 15.0 Å². The highest BCUT2D eigenvalue weighted by atomic mass is 16.5. The molecule has 9 nitrogen and oxygen atoms in total. The van der Waals surface area contributed by atoms with E-state index in [1.807, 2.05) is 22.8 Å². The molecular weight excluding hydrogens is 478 g/mol. The van der Waals surface area contributed by atoms with Gasteiger partial charge in [0.15, 0.2) is 17.0 Å². The molecule has 1 aliphatic heterocycles. The first-order chi connectivity index (χ1) is 18.8. The van der Waals surface area contributed by atoms with Crippen LogP contribution in [0.5, 0.6) is 0 Å². The van der Waals surface area contributed by atoms with E-state index in [4.69, 9.17) is 4.74 Å². The van der Waals surface area contributed by atoms with Crippen molar-refractivity contribution in [3.63, 3.8) is 0 Å². The van der Waals surface area contributed by atoms with Crippen LogP contribution in [0.1, 0.15) is 17.4 Å². The summed E-state index contributed by atoms with van der Waals surface area (Å²) in [6.07, 6.45) is 6.17. The zero-order valence-corrected chi connectivity index (χ0v) is 20.9. The normalized spacial score (nSPS) is 18.0. The van der Waals surface area contributed by atoms with E-state index in [2.05, 4.69) is 78.7 Å². The molecule has 0 aliphatic carbocycles. The van der Waals surface area contributed by atoms with Crippen molar-refractivity contribution >= 4 is 17.0 Å². The Morgan fingerprint density at radius 2 is 1.66 bits per heavy atom. The highest BCUT2D eigenvalue weighted by molar-refractivity contribution is 5.82. The third-order valence-corrected chi connectivity index (χ3v) is 6.77. The van der Waals surface area contributed by atoms with Crippen LogP contribution in [0.25, 0.3) is 22.3 Å². The number of nitrogens with one attached hydrogen (secondary N) is 1. The van der Waals surface area contributed by atoms with Crippen LogP contribution in [0.3, 0.4) is 0 Å². The van der Waals surface area contributed by atoms with Crippen LogP contribution in [0.2, 0.25) is 0 Å². The molecule has 4 heterocycles. The van der Waals surface area contributed by atoms with Gasteiger partial charge >= 0.3 is 0 Å². The molecule has 0 unspecified atom stereocenters. The fourth-order valence-corrected chi connectivity index (χ4v) is 4.84. The molecule has 1 fully saturated rings. The highest BCUT2D eigenvalue weighted by Crippen LogP contribution is 2.27. The van der Waals surface area contributed by atoms with Crippen molar-refractivity contribution < 1.29 is 9.84 Å². The summed E-state index contributed by atoms with van der Waals surface area (Å²) in [6.45, 7) is 2.59. The van der Waals surface area contributed by atoms with E-state index in [1.54, 1.807) is 18.7 Å². The second kappa shape index (κ2) is 11.1. The van der Waals surface area contributed by atoms with Crippen molar-refractivity contribution in [1.82, 2.24) is 29.4 Å². The van der Waals surface area contributed by atoms with Crippen molar-refractivity contribution in [2.24, 2.45) is 0 Å². The smallest absolute Gasteiger partial charge is 0.167 e. The summed E-state index contributed by atoms with van der Waals surface area (Å²) in [7, 11) is 0. The average molecular weight is 508 g/mol. The molecule has 3 aromatic heterocycles. The van der Waals surface area contributed by atoms with Gasteiger partial charge in [-0.2, -0.15) is 0 Å². The maximum atomic E-state index is 9.97. The van der Waals surface area contributed by atoms with Gasteiger partial charge in [-0.3, -0.25) is 14.5 Å². The number of rotatable bonds is 8. The molecule has 1 aliphatic rings. The molecular formula is C29H29N7O2. The van der Waals surface area contributed by atoms with Gasteiger partial charge < -0.3 is 15.2 Å². The van der Waals surface area contributed by atoms with Gasteiger partial charge in [-0.15, -0.1) is 0 Å². The van der Waals surface area contributed by atoms with Crippen LogP contribution in [0.15, 0.2) is 91.8 Å². The van der Waals surface area contributed by atoms with Crippen LogP contribution in [-0.2, 0) is 17.8 Å². The largest absolute Gasteiger partial charge is 0.394 e. The third-order valence-electron chi connectivity index (χ3n) is 6.77. The third kappa shape index (κ3) is 5.26. The molecule has 0 saturated carbocycles. The number of hydrogen-bond donors (Lipinski definition) is 2. The minimum absolute atomic E-state index is 0.0553. The molecule has 9 heteroatoms. The molecule has 192 valence electrons. The van der Waals surface area contributed by atoms with Crippen molar-refractivity contribution in [2.75, 3.05) is 25.0 Å². The van der Waals surface area contributed by atoms with Gasteiger partial charge in [0.05, 0.1) is 19.0 Å². The first-order valence-corrected chi connectivity index (χ1v) is 12.7. The second-order valence-corrected chi connectivity index (χ2v) is 9.41. The summed E-state index contributed by atoms with van der Waals surface area (Å²) in [6, 6.07) is 22.9. The Bertz CT molecular complexity index is 1480. The van der Waals surface area contributed by atoms with Crippen LogP contribution >= 0.6 is 0 Å². The lowest BCUT2D eigenvalue weighted by Crippen LogP contribution is -2.46. The molecule has 0 radical (unpaired) electrons. The Kier molecular flexibility index (Phi) is 7.03. The van der Waals surface area contributed by atoms with Gasteiger partial charge in [-0.05, 0) is 34.4 Å². The molecule has 38 heavy (non-hydrogen) atoms. The van der Waals surface area contributed by atoms with Crippen LogP contribution < -0.4 is 5.32 Å². The first-order valence-electron chi connectivity index (χ1n) is 12.7. The summed E-state index contributed by atoms with van der Waals surface area (Å²) in [5.74, 6) is 0.662. The zero-order valence-electron chi connectivity index (χ0n) is 20.9. The van der Waals surface area contributed by atoms with E-state index >= 15 is 0 Å². The minimum Gasteiger partial charge on any atom is -0.394 e. The SMILES string of the molecule is OC[C@@H]1CN(Cc2ccc(-c3ccccc3)cc2)C[C@H](n2cnc3c(NCc4ccncc4)ncnc32)O1. The fraction of sp³-hybridized carbons (Fsp3) is 0.241. The number of hydrogen-bond acceptors (Lipinski definition) is 8. The Balaban J connectivity index is 1.19. The molecule has 0 spiro atoms. The van der Waals surface area contributed by atoms with Gasteiger partial charge in [0.1, 0.15) is 12.6 Å². The van der Waals surface area contributed by atoms with E-state index in [1.165, 1.54) is 23.0 Å². The van der Waals surface area contributed by atoms with E-state index < -0.39 is 0 Å². The van der Waals surface area contributed by atoms with Crippen molar-refractivity contribution in [3.8, 4) is 11.1 Å². The molecule has 1 saturated heterocycles. The maximum Gasteiger partial charge on any atom is 0.167 e. The summed E-state index contributed by atoms with van der Waals surface area (Å²) in [5, 5.41) is 13.3. The maximum absolute atomic E-state index is 9.97. The summed E-state index contributed by atoms with van der Waals surface area (Å²) in [4.78, 5) is 19.9. The molecule has 2 aromatic carbocycles. The number of aliphatic hydroxyl groups is 1. The number of aliphatic hydroxyl groups excluding tert-OH is 1. The number of aromatic nitrogens is 5. The van der Waals surface area contributed by atoms with Crippen LogP contribution in [0, 0.1) is 0 Å². The molecule has 2 N–H and O–H groups in total. The molecule has 2 atom stereocenters. The number of anilines is 1. The van der Waals surface area contributed by atoms with Gasteiger partial charge in [0.2, 0.25) is 0 Å². The number of pyridine rings is 1. The van der Waals surface area contributed by atoms with Gasteiger partial charge in [0, 0.05) is 38.6 Å². The monoisotopic (exact) mass is 507 g/mol. The summed E-state index contributed by atoms with van der Waals surface area (Å²) >= 11 is 0. The van der Waals surface area contributed by atoms with Gasteiger partial charge in [0.25, 0.3) is 0 Å². The Hall–Kier alpha value is -4.18. The minimum atomic E-state index is -0.336. The lowest BCUT2D eigenvalue weighted by atomic mass is 10.0. The predicted molar refractivity (Wildman–Crippen MR) is 145 cm³/mol. The predicted octanol–water partition coefficient (Wildman–Crippen LogP) is 3.89. The van der Waals surface area contributed by atoms with Crippen molar-refractivity contribution in [1.29, 1.82) is 0 Å². The molecule has 0 amide bonds. The quantitative estimate of drug-likeness (QED) is 0.326. The van der Waals surface area contributed by atoms with Gasteiger partial charge in [-0.1, -0.05) is 54.6 Å². The lowest BCUT2D eigenvalue weighted by molar-refractivity contribution is -0.135. The molecule has 5 aromatic rings. The number of fused-ring (bicyclic) bond motifs is 1. The summed E-state index contributed by atoms with van der Waals surface area (Å²) < 4.78 is 8.18. The molecule has 6 rings (SSSR count). The van der Waals surface area contributed by atoms with E-state index in [9.17, 15) is 5.11 Å². The van der Waals surface area contributed by atoms with Crippen LogP contribution in [0.4, 0.5) is 5.82 Å². The highest BCUT2D eigenvalue weighted by Gasteiger charge is 2.30. The Morgan fingerprint density at radius 3 is 2.45 bits per heavy atom. The number of imidazole rings is 1. The average Bonchev–Trinajstić information content (AvgIpc) is 3.42. The number of morpholine rings is 1. The van der Waals surface area contributed by atoms with Crippen molar-refractivity contribution in [2.45, 2.75) is 25.4 Å². The molecule has 0 bridgehead atoms. The summed E-state index contributed by atoms with van der Waals surface area (Å²) in [5.41, 5.74) is 6.07. The Morgan fingerprint density at radius 1 is 0.868 bits per heavy atom. The van der Waals surface area contributed by atoms with Crippen LogP contribution in [-0.4, -0.2) is 60.3 Å². The van der Waals surface area contributed by atoms with Crippen molar-refractivity contribution in [3.05, 3.63) is 103 Å².